The molecule has 5 heteroatoms. The lowest BCUT2D eigenvalue weighted by Gasteiger charge is -2.23. The van der Waals surface area contributed by atoms with Crippen LogP contribution >= 0.6 is 12.4 Å². The fourth-order valence-electron chi connectivity index (χ4n) is 3.64. The van der Waals surface area contributed by atoms with Crippen LogP contribution in [0.1, 0.15) is 33.9 Å². The molecule has 1 N–H and O–H groups in total. The zero-order valence-electron chi connectivity index (χ0n) is 13.3. The first kappa shape index (κ1) is 15.8. The average molecular weight is 330 g/mol. The Morgan fingerprint density at radius 2 is 2.09 bits per heavy atom. The molecule has 3 heterocycles. The van der Waals surface area contributed by atoms with E-state index in [1.54, 1.807) is 6.33 Å². The number of halogens is 1. The lowest BCUT2D eigenvalue weighted by molar-refractivity contribution is 0.0808. The van der Waals surface area contributed by atoms with E-state index >= 15 is 0 Å². The van der Waals surface area contributed by atoms with Crippen molar-refractivity contribution in [1.82, 2.24) is 14.5 Å². The summed E-state index contributed by atoms with van der Waals surface area (Å²) in [6, 6.07) is 8.20. The van der Waals surface area contributed by atoms with Crippen LogP contribution < -0.4 is 0 Å². The number of carbonyl (C=O) groups excluding carboxylic acids is 1. The number of benzene rings is 1. The number of aromatic amines is 1. The number of H-pyrrole nitrogens is 1. The minimum Gasteiger partial charge on any atom is -0.348 e. The highest BCUT2D eigenvalue weighted by Crippen LogP contribution is 2.33. The van der Waals surface area contributed by atoms with Gasteiger partial charge in [0.25, 0.3) is 0 Å². The van der Waals surface area contributed by atoms with E-state index in [0.717, 1.165) is 36.2 Å². The summed E-state index contributed by atoms with van der Waals surface area (Å²) >= 11 is 0. The van der Waals surface area contributed by atoms with Crippen molar-refractivity contribution in [3.8, 4) is 0 Å². The third-order valence-electron chi connectivity index (χ3n) is 4.93. The van der Waals surface area contributed by atoms with E-state index < -0.39 is 0 Å². The van der Waals surface area contributed by atoms with E-state index in [1.165, 1.54) is 16.6 Å². The Bertz CT molecular complexity index is 878. The molecule has 1 aromatic carbocycles. The SMILES string of the molecule is Cc1[nH]cnc1C[C@@H]1CCc2c(C)c3ccccc3n2C1=O.Cl. The van der Waals surface area contributed by atoms with Crippen LogP contribution in [0.2, 0.25) is 0 Å². The predicted octanol–water partition coefficient (Wildman–Crippen LogP) is 3.85. The third kappa shape index (κ3) is 2.38. The average Bonchev–Trinajstić information content (AvgIpc) is 3.05. The second-order valence-corrected chi connectivity index (χ2v) is 6.18. The number of rotatable bonds is 2. The molecule has 23 heavy (non-hydrogen) atoms. The van der Waals surface area contributed by atoms with E-state index in [4.69, 9.17) is 0 Å². The Kier molecular flexibility index (Phi) is 4.02. The smallest absolute Gasteiger partial charge is 0.234 e. The Morgan fingerprint density at radius 3 is 2.83 bits per heavy atom. The number of nitrogens with zero attached hydrogens (tertiary/aromatic N) is 2. The highest BCUT2D eigenvalue weighted by Gasteiger charge is 2.31. The van der Waals surface area contributed by atoms with Gasteiger partial charge in [0.15, 0.2) is 0 Å². The number of nitrogens with one attached hydrogen (secondary N) is 1. The zero-order valence-corrected chi connectivity index (χ0v) is 14.1. The van der Waals surface area contributed by atoms with Crippen LogP contribution in [0.15, 0.2) is 30.6 Å². The van der Waals surface area contributed by atoms with Crippen molar-refractivity contribution < 1.29 is 4.79 Å². The monoisotopic (exact) mass is 329 g/mol. The van der Waals surface area contributed by atoms with Crippen molar-refractivity contribution in [2.75, 3.05) is 0 Å². The summed E-state index contributed by atoms with van der Waals surface area (Å²) in [5, 5.41) is 1.20. The Morgan fingerprint density at radius 1 is 1.30 bits per heavy atom. The molecule has 0 fully saturated rings. The molecule has 0 spiro atoms. The van der Waals surface area contributed by atoms with Gasteiger partial charge in [-0.05, 0) is 38.3 Å². The maximum absolute atomic E-state index is 13.0. The van der Waals surface area contributed by atoms with Gasteiger partial charge in [-0.25, -0.2) is 4.98 Å². The van der Waals surface area contributed by atoms with Crippen molar-refractivity contribution >= 4 is 29.2 Å². The van der Waals surface area contributed by atoms with Crippen molar-refractivity contribution in [2.24, 2.45) is 5.92 Å². The highest BCUT2D eigenvalue weighted by molar-refractivity contribution is 5.97. The first-order valence-corrected chi connectivity index (χ1v) is 7.79. The van der Waals surface area contributed by atoms with Crippen LogP contribution in [-0.4, -0.2) is 20.4 Å². The van der Waals surface area contributed by atoms with Crippen LogP contribution in [-0.2, 0) is 12.8 Å². The van der Waals surface area contributed by atoms with Gasteiger partial charge in [0.05, 0.1) is 17.5 Å². The lowest BCUT2D eigenvalue weighted by atomic mass is 9.91. The normalized spacial score (nSPS) is 17.1. The molecule has 0 saturated heterocycles. The van der Waals surface area contributed by atoms with Crippen LogP contribution in [0.3, 0.4) is 0 Å². The molecule has 0 unspecified atom stereocenters. The van der Waals surface area contributed by atoms with Gasteiger partial charge in [-0.3, -0.25) is 9.36 Å². The number of carbonyl (C=O) groups is 1. The van der Waals surface area contributed by atoms with Gasteiger partial charge < -0.3 is 4.98 Å². The lowest BCUT2D eigenvalue weighted by Crippen LogP contribution is -2.30. The van der Waals surface area contributed by atoms with Gasteiger partial charge in [0.2, 0.25) is 5.91 Å². The number of aromatic nitrogens is 3. The largest absolute Gasteiger partial charge is 0.348 e. The van der Waals surface area contributed by atoms with Gasteiger partial charge >= 0.3 is 0 Å². The molecule has 1 atom stereocenters. The molecule has 0 bridgehead atoms. The number of aryl methyl sites for hydroxylation is 2. The van der Waals surface area contributed by atoms with Gasteiger partial charge in [-0.2, -0.15) is 0 Å². The summed E-state index contributed by atoms with van der Waals surface area (Å²) in [5.74, 6) is 0.234. The molecule has 4 rings (SSSR count). The molecule has 1 aliphatic rings. The van der Waals surface area contributed by atoms with Crippen molar-refractivity contribution in [1.29, 1.82) is 0 Å². The van der Waals surface area contributed by atoms with Gasteiger partial charge in [-0.15, -0.1) is 12.4 Å². The molecule has 3 aromatic rings. The van der Waals surface area contributed by atoms with E-state index in [1.807, 2.05) is 29.7 Å². The molecule has 4 nitrogen and oxygen atoms in total. The van der Waals surface area contributed by atoms with Crippen LogP contribution in [0.25, 0.3) is 10.9 Å². The van der Waals surface area contributed by atoms with Crippen LogP contribution in [0.4, 0.5) is 0 Å². The molecule has 0 saturated carbocycles. The molecular formula is C18H20ClN3O. The quantitative estimate of drug-likeness (QED) is 0.776. The second-order valence-electron chi connectivity index (χ2n) is 6.18. The zero-order chi connectivity index (χ0) is 15.3. The van der Waals surface area contributed by atoms with Gasteiger partial charge in [0.1, 0.15) is 0 Å². The molecule has 1 aliphatic heterocycles. The maximum atomic E-state index is 13.0. The highest BCUT2D eigenvalue weighted by atomic mass is 35.5. The first-order valence-electron chi connectivity index (χ1n) is 7.79. The standard InChI is InChI=1S/C18H19N3O.ClH/c1-11-14-5-3-4-6-17(14)21-16(11)8-7-13(18(21)22)9-15-12(2)19-10-20-15;/h3-6,10,13H,7-9H2,1-2H3,(H,19,20);1H/t13-;/m0./s1. The third-order valence-corrected chi connectivity index (χ3v) is 4.93. The van der Waals surface area contributed by atoms with E-state index in [0.29, 0.717) is 0 Å². The fraction of sp³-hybridized carbons (Fsp3) is 0.333. The Labute approximate surface area is 141 Å². The summed E-state index contributed by atoms with van der Waals surface area (Å²) in [7, 11) is 0. The summed E-state index contributed by atoms with van der Waals surface area (Å²) in [6.07, 6.45) is 4.29. The molecule has 0 aliphatic carbocycles. The van der Waals surface area contributed by atoms with E-state index in [2.05, 4.69) is 23.0 Å². The van der Waals surface area contributed by atoms with Crippen LogP contribution in [0, 0.1) is 19.8 Å². The molecule has 0 radical (unpaired) electrons. The molecule has 2 aromatic heterocycles. The summed E-state index contributed by atoms with van der Waals surface area (Å²) in [6.45, 7) is 4.13. The topological polar surface area (TPSA) is 50.7 Å². The number of para-hydroxylation sites is 1. The molecule has 0 amide bonds. The summed E-state index contributed by atoms with van der Waals surface area (Å²) < 4.78 is 1.95. The van der Waals surface area contributed by atoms with Crippen LogP contribution in [0.5, 0.6) is 0 Å². The first-order chi connectivity index (χ1) is 10.7. The second kappa shape index (κ2) is 5.85. The van der Waals surface area contributed by atoms with Crippen molar-refractivity contribution in [2.45, 2.75) is 33.1 Å². The van der Waals surface area contributed by atoms with Gasteiger partial charge in [0, 0.05) is 29.1 Å². The maximum Gasteiger partial charge on any atom is 0.234 e. The summed E-state index contributed by atoms with van der Waals surface area (Å²) in [5.41, 5.74) is 5.55. The fourth-order valence-corrected chi connectivity index (χ4v) is 3.64. The Hall–Kier alpha value is -2.07. The molecule has 120 valence electrons. The van der Waals surface area contributed by atoms with Gasteiger partial charge in [-0.1, -0.05) is 18.2 Å². The number of hydrogen-bond acceptors (Lipinski definition) is 2. The number of hydrogen-bond donors (Lipinski definition) is 1. The predicted molar refractivity (Wildman–Crippen MR) is 93.4 cm³/mol. The van der Waals surface area contributed by atoms with E-state index in [9.17, 15) is 4.79 Å². The molecular weight excluding hydrogens is 310 g/mol. The number of fused-ring (bicyclic) bond motifs is 3. The van der Waals surface area contributed by atoms with E-state index in [-0.39, 0.29) is 24.2 Å². The van der Waals surface area contributed by atoms with Crippen molar-refractivity contribution in [3.63, 3.8) is 0 Å². The summed E-state index contributed by atoms with van der Waals surface area (Å²) in [4.78, 5) is 20.5. The number of imidazole rings is 1. The Balaban J connectivity index is 0.00000156. The van der Waals surface area contributed by atoms with Crippen molar-refractivity contribution in [3.05, 3.63) is 53.2 Å². The minimum absolute atomic E-state index is 0. The minimum atomic E-state index is 0.